The molecular formula is C8H13N3OS. The second kappa shape index (κ2) is 5.04. The van der Waals surface area contributed by atoms with Crippen LogP contribution in [0.1, 0.15) is 5.56 Å². The Bertz CT molecular complexity index is 280. The monoisotopic (exact) mass is 199 g/mol. The maximum Gasteiger partial charge on any atom is 0.133 e. The molecule has 0 aromatic carbocycles. The number of thioether (sulfide) groups is 1. The van der Waals surface area contributed by atoms with Crippen LogP contribution in [0.15, 0.2) is 11.4 Å². The summed E-state index contributed by atoms with van der Waals surface area (Å²) in [6, 6.07) is 0. The lowest BCUT2D eigenvalue weighted by Crippen LogP contribution is -1.99. The van der Waals surface area contributed by atoms with Gasteiger partial charge in [-0.3, -0.25) is 0 Å². The minimum atomic E-state index is 0.170. The van der Waals surface area contributed by atoms with E-state index in [2.05, 4.69) is 15.3 Å². The van der Waals surface area contributed by atoms with Crippen LogP contribution in [-0.4, -0.2) is 34.5 Å². The summed E-state index contributed by atoms with van der Waals surface area (Å²) in [5.41, 5.74) is 1.03. The molecule has 2 N–H and O–H groups in total. The highest BCUT2D eigenvalue weighted by atomic mass is 32.2. The summed E-state index contributed by atoms with van der Waals surface area (Å²) < 4.78 is 0. The first kappa shape index (κ1) is 10.3. The van der Waals surface area contributed by atoms with Crippen LogP contribution in [0.2, 0.25) is 0 Å². The Morgan fingerprint density at radius 3 is 2.92 bits per heavy atom. The minimum Gasteiger partial charge on any atom is -0.396 e. The molecule has 0 bridgehead atoms. The van der Waals surface area contributed by atoms with Crippen LogP contribution in [0.25, 0.3) is 0 Å². The third kappa shape index (κ3) is 2.57. The van der Waals surface area contributed by atoms with Crippen molar-refractivity contribution in [3.05, 3.63) is 11.9 Å². The predicted octanol–water partition coefficient (Wildman–Crippen LogP) is 0.911. The Morgan fingerprint density at radius 1 is 1.54 bits per heavy atom. The SMILES string of the molecule is CNc1ncnc(SCCO)c1C. The van der Waals surface area contributed by atoms with Crippen molar-refractivity contribution in [2.75, 3.05) is 24.7 Å². The van der Waals surface area contributed by atoms with Gasteiger partial charge in [-0.25, -0.2) is 9.97 Å². The Kier molecular flexibility index (Phi) is 3.98. The zero-order valence-corrected chi connectivity index (χ0v) is 8.56. The molecule has 0 amide bonds. The molecule has 0 atom stereocenters. The quantitative estimate of drug-likeness (QED) is 0.557. The van der Waals surface area contributed by atoms with Gasteiger partial charge >= 0.3 is 0 Å². The van der Waals surface area contributed by atoms with Crippen LogP contribution < -0.4 is 5.32 Å². The average molecular weight is 199 g/mol. The highest BCUT2D eigenvalue weighted by Gasteiger charge is 2.04. The maximum atomic E-state index is 8.67. The normalized spacial score (nSPS) is 10.1. The molecule has 0 fully saturated rings. The topological polar surface area (TPSA) is 58.0 Å². The van der Waals surface area contributed by atoms with Crippen molar-refractivity contribution in [2.45, 2.75) is 11.9 Å². The molecule has 0 radical (unpaired) electrons. The van der Waals surface area contributed by atoms with E-state index in [0.717, 1.165) is 16.4 Å². The van der Waals surface area contributed by atoms with Gasteiger partial charge in [0.2, 0.25) is 0 Å². The number of anilines is 1. The van der Waals surface area contributed by atoms with Crippen molar-refractivity contribution >= 4 is 17.6 Å². The van der Waals surface area contributed by atoms with Gasteiger partial charge in [-0.1, -0.05) is 0 Å². The van der Waals surface area contributed by atoms with Crippen molar-refractivity contribution in [3.63, 3.8) is 0 Å². The highest BCUT2D eigenvalue weighted by molar-refractivity contribution is 7.99. The summed E-state index contributed by atoms with van der Waals surface area (Å²) in [6.45, 7) is 2.13. The Balaban J connectivity index is 2.81. The molecule has 0 aliphatic heterocycles. The number of hydrogen-bond acceptors (Lipinski definition) is 5. The molecular weight excluding hydrogens is 186 g/mol. The number of aliphatic hydroxyl groups excluding tert-OH is 1. The van der Waals surface area contributed by atoms with Gasteiger partial charge in [-0.05, 0) is 6.92 Å². The molecule has 0 saturated carbocycles. The number of hydrogen-bond donors (Lipinski definition) is 2. The number of nitrogens with one attached hydrogen (secondary N) is 1. The predicted molar refractivity (Wildman–Crippen MR) is 54.1 cm³/mol. The summed E-state index contributed by atoms with van der Waals surface area (Å²) in [5.74, 6) is 1.51. The minimum absolute atomic E-state index is 0.170. The van der Waals surface area contributed by atoms with Crippen LogP contribution in [0.5, 0.6) is 0 Å². The van der Waals surface area contributed by atoms with E-state index in [1.165, 1.54) is 18.1 Å². The van der Waals surface area contributed by atoms with Crippen molar-refractivity contribution < 1.29 is 5.11 Å². The Labute approximate surface area is 81.8 Å². The van der Waals surface area contributed by atoms with Crippen LogP contribution in [0.4, 0.5) is 5.82 Å². The number of rotatable bonds is 4. The second-order valence-corrected chi connectivity index (χ2v) is 3.56. The first-order valence-electron chi connectivity index (χ1n) is 4.02. The van der Waals surface area contributed by atoms with Gasteiger partial charge in [0.1, 0.15) is 17.2 Å². The van der Waals surface area contributed by atoms with E-state index < -0.39 is 0 Å². The van der Waals surface area contributed by atoms with Gasteiger partial charge < -0.3 is 10.4 Å². The summed E-state index contributed by atoms with van der Waals surface area (Å²) in [6.07, 6.45) is 1.53. The maximum absolute atomic E-state index is 8.67. The smallest absolute Gasteiger partial charge is 0.133 e. The number of nitrogens with zero attached hydrogens (tertiary/aromatic N) is 2. The molecule has 72 valence electrons. The summed E-state index contributed by atoms with van der Waals surface area (Å²) >= 11 is 1.54. The fourth-order valence-corrected chi connectivity index (χ4v) is 1.69. The lowest BCUT2D eigenvalue weighted by atomic mass is 10.3. The average Bonchev–Trinajstić information content (AvgIpc) is 2.16. The van der Waals surface area contributed by atoms with Gasteiger partial charge in [0.15, 0.2) is 0 Å². The fraction of sp³-hybridized carbons (Fsp3) is 0.500. The zero-order valence-electron chi connectivity index (χ0n) is 7.74. The molecule has 5 heteroatoms. The fourth-order valence-electron chi connectivity index (χ4n) is 0.974. The molecule has 1 heterocycles. The van der Waals surface area contributed by atoms with E-state index in [9.17, 15) is 0 Å². The molecule has 0 spiro atoms. The van der Waals surface area contributed by atoms with Gasteiger partial charge in [0.05, 0.1) is 6.61 Å². The molecule has 1 aromatic rings. The van der Waals surface area contributed by atoms with Gasteiger partial charge in [0, 0.05) is 18.4 Å². The first-order chi connectivity index (χ1) is 6.29. The van der Waals surface area contributed by atoms with E-state index >= 15 is 0 Å². The molecule has 1 rings (SSSR count). The van der Waals surface area contributed by atoms with E-state index in [4.69, 9.17) is 5.11 Å². The largest absolute Gasteiger partial charge is 0.396 e. The van der Waals surface area contributed by atoms with E-state index in [0.29, 0.717) is 5.75 Å². The molecule has 4 nitrogen and oxygen atoms in total. The third-order valence-corrected chi connectivity index (χ3v) is 2.68. The van der Waals surface area contributed by atoms with Crippen molar-refractivity contribution in [3.8, 4) is 0 Å². The van der Waals surface area contributed by atoms with Crippen LogP contribution >= 0.6 is 11.8 Å². The number of aliphatic hydroxyl groups is 1. The molecule has 0 aliphatic carbocycles. The van der Waals surface area contributed by atoms with Crippen LogP contribution in [-0.2, 0) is 0 Å². The zero-order chi connectivity index (χ0) is 9.68. The first-order valence-corrected chi connectivity index (χ1v) is 5.01. The molecule has 1 aromatic heterocycles. The highest BCUT2D eigenvalue weighted by Crippen LogP contribution is 2.22. The van der Waals surface area contributed by atoms with Gasteiger partial charge in [-0.2, -0.15) is 0 Å². The van der Waals surface area contributed by atoms with E-state index in [-0.39, 0.29) is 6.61 Å². The molecule has 13 heavy (non-hydrogen) atoms. The molecule has 0 saturated heterocycles. The van der Waals surface area contributed by atoms with E-state index in [1.807, 2.05) is 14.0 Å². The lowest BCUT2D eigenvalue weighted by molar-refractivity contribution is 0.322. The standard InChI is InChI=1S/C8H13N3OS/c1-6-7(9-2)10-5-11-8(6)13-4-3-12/h5,12H,3-4H2,1-2H3,(H,9,10,11). The van der Waals surface area contributed by atoms with Gasteiger partial charge in [-0.15, -0.1) is 11.8 Å². The van der Waals surface area contributed by atoms with Crippen molar-refractivity contribution in [2.24, 2.45) is 0 Å². The van der Waals surface area contributed by atoms with Crippen molar-refractivity contribution in [1.82, 2.24) is 9.97 Å². The Hall–Kier alpha value is -0.810. The third-order valence-electron chi connectivity index (χ3n) is 1.60. The van der Waals surface area contributed by atoms with Gasteiger partial charge in [0.25, 0.3) is 0 Å². The summed E-state index contributed by atoms with van der Waals surface area (Å²) in [7, 11) is 1.83. The van der Waals surface area contributed by atoms with Crippen molar-refractivity contribution in [1.29, 1.82) is 0 Å². The van der Waals surface area contributed by atoms with Crippen LogP contribution in [0.3, 0.4) is 0 Å². The summed E-state index contributed by atoms with van der Waals surface area (Å²) in [5, 5.41) is 12.6. The second-order valence-electron chi connectivity index (χ2n) is 2.47. The Morgan fingerprint density at radius 2 is 2.31 bits per heavy atom. The molecule has 0 aliphatic rings. The van der Waals surface area contributed by atoms with Crippen LogP contribution in [0, 0.1) is 6.92 Å². The summed E-state index contributed by atoms with van der Waals surface area (Å²) in [4.78, 5) is 8.19. The number of aromatic nitrogens is 2. The molecule has 0 unspecified atom stereocenters. The van der Waals surface area contributed by atoms with E-state index in [1.54, 1.807) is 0 Å². The lowest BCUT2D eigenvalue weighted by Gasteiger charge is -2.06.